The van der Waals surface area contributed by atoms with Crippen molar-refractivity contribution in [1.29, 1.82) is 0 Å². The fourth-order valence-electron chi connectivity index (χ4n) is 6.68. The van der Waals surface area contributed by atoms with Crippen LogP contribution in [0.4, 0.5) is 0 Å². The molecule has 2 heteroatoms. The molecule has 0 saturated heterocycles. The van der Waals surface area contributed by atoms with Crippen molar-refractivity contribution >= 4 is 75.7 Å². The van der Waals surface area contributed by atoms with Crippen LogP contribution in [0.5, 0.6) is 0 Å². The Morgan fingerprint density at radius 3 is 1.75 bits per heavy atom. The van der Waals surface area contributed by atoms with E-state index in [1.165, 1.54) is 69.9 Å². The maximum atomic E-state index is 6.69. The van der Waals surface area contributed by atoms with Gasteiger partial charge in [-0.25, -0.2) is 0 Å². The predicted octanol–water partition coefficient (Wildman–Crippen LogP) is 11.6. The van der Waals surface area contributed by atoms with Crippen molar-refractivity contribution in [2.45, 2.75) is 0 Å². The van der Waals surface area contributed by atoms with E-state index in [1.54, 1.807) is 11.3 Å². The summed E-state index contributed by atoms with van der Waals surface area (Å²) in [6.07, 6.45) is 0. The summed E-state index contributed by atoms with van der Waals surface area (Å²) in [4.78, 5) is 0. The second-order valence-electron chi connectivity index (χ2n) is 10.4. The molecule has 0 radical (unpaired) electrons. The highest BCUT2D eigenvalue weighted by molar-refractivity contribution is 7.17. The molecular weight excluding hydrogens is 504 g/mol. The van der Waals surface area contributed by atoms with E-state index in [-0.39, 0.29) is 0 Å². The van der Waals surface area contributed by atoms with Gasteiger partial charge in [-0.15, -0.1) is 11.3 Å². The van der Waals surface area contributed by atoms with Gasteiger partial charge in [0.1, 0.15) is 11.2 Å². The smallest absolute Gasteiger partial charge is 0.143 e. The molecular formula is C38H22OS. The lowest BCUT2D eigenvalue weighted by Crippen LogP contribution is -1.92. The minimum absolute atomic E-state index is 0.929. The van der Waals surface area contributed by atoms with Crippen LogP contribution < -0.4 is 0 Å². The van der Waals surface area contributed by atoms with E-state index in [2.05, 4.69) is 133 Å². The molecule has 0 N–H and O–H groups in total. The molecule has 1 nitrogen and oxygen atoms in total. The zero-order chi connectivity index (χ0) is 26.2. The molecule has 0 atom stereocenters. The summed E-state index contributed by atoms with van der Waals surface area (Å²) >= 11 is 1.79. The Balaban J connectivity index is 1.50. The van der Waals surface area contributed by atoms with Crippen LogP contribution in [0.3, 0.4) is 0 Å². The van der Waals surface area contributed by atoms with Crippen molar-refractivity contribution in [1.82, 2.24) is 0 Å². The van der Waals surface area contributed by atoms with Crippen molar-refractivity contribution in [3.8, 4) is 22.3 Å². The van der Waals surface area contributed by atoms with Crippen LogP contribution in [-0.4, -0.2) is 0 Å². The molecule has 0 amide bonds. The maximum Gasteiger partial charge on any atom is 0.143 e. The summed E-state index contributed by atoms with van der Waals surface area (Å²) < 4.78 is 7.97. The zero-order valence-electron chi connectivity index (χ0n) is 21.5. The van der Waals surface area contributed by atoms with Gasteiger partial charge in [0.25, 0.3) is 0 Å². The van der Waals surface area contributed by atoms with E-state index in [1.807, 2.05) is 0 Å². The van der Waals surface area contributed by atoms with Gasteiger partial charge < -0.3 is 4.42 Å². The summed E-state index contributed by atoms with van der Waals surface area (Å²) in [6.45, 7) is 0. The molecule has 0 aliphatic carbocycles. The Morgan fingerprint density at radius 1 is 0.450 bits per heavy atom. The molecule has 40 heavy (non-hydrogen) atoms. The molecule has 186 valence electrons. The van der Waals surface area contributed by atoms with Gasteiger partial charge in [0, 0.05) is 32.0 Å². The number of rotatable bonds is 2. The van der Waals surface area contributed by atoms with Gasteiger partial charge in [-0.05, 0) is 67.0 Å². The molecule has 0 spiro atoms. The molecule has 7 aromatic carbocycles. The van der Waals surface area contributed by atoms with Crippen LogP contribution in [0.1, 0.15) is 0 Å². The first-order chi connectivity index (χ1) is 19.9. The average Bonchev–Trinajstić information content (AvgIpc) is 3.64. The van der Waals surface area contributed by atoms with Gasteiger partial charge in [0.2, 0.25) is 0 Å². The lowest BCUT2D eigenvalue weighted by molar-refractivity contribution is 0.670. The standard InChI is InChI=1S/C38H22OS/c1-2-12-24-23(10-1)11-9-18-25(24)35-26-13-3-5-15-28(26)36(29-16-6-4-14-27(29)35)32-22-34-31(20-21-40-34)37-30-17-7-8-19-33(30)39-38(32)37/h1-22H. The number of furan rings is 1. The van der Waals surface area contributed by atoms with Gasteiger partial charge in [0.15, 0.2) is 0 Å². The Labute approximate surface area is 234 Å². The van der Waals surface area contributed by atoms with E-state index in [0.717, 1.165) is 16.7 Å². The minimum Gasteiger partial charge on any atom is -0.455 e. The monoisotopic (exact) mass is 526 g/mol. The zero-order valence-corrected chi connectivity index (χ0v) is 22.3. The van der Waals surface area contributed by atoms with Crippen LogP contribution in [0.25, 0.3) is 86.6 Å². The van der Waals surface area contributed by atoms with Crippen LogP contribution in [0.15, 0.2) is 137 Å². The fraction of sp³-hybridized carbons (Fsp3) is 0. The van der Waals surface area contributed by atoms with Crippen LogP contribution in [-0.2, 0) is 0 Å². The highest BCUT2D eigenvalue weighted by Crippen LogP contribution is 2.49. The largest absolute Gasteiger partial charge is 0.455 e. The van der Waals surface area contributed by atoms with Gasteiger partial charge >= 0.3 is 0 Å². The van der Waals surface area contributed by atoms with Crippen molar-refractivity contribution in [3.05, 3.63) is 133 Å². The minimum atomic E-state index is 0.929. The molecule has 0 fully saturated rings. The fourth-order valence-corrected chi connectivity index (χ4v) is 7.51. The molecule has 2 heterocycles. The van der Waals surface area contributed by atoms with E-state index >= 15 is 0 Å². The topological polar surface area (TPSA) is 13.1 Å². The lowest BCUT2D eigenvalue weighted by atomic mass is 9.84. The number of hydrogen-bond acceptors (Lipinski definition) is 2. The number of thiophene rings is 1. The predicted molar refractivity (Wildman–Crippen MR) is 172 cm³/mol. The Morgan fingerprint density at radius 2 is 1.02 bits per heavy atom. The first-order valence-electron chi connectivity index (χ1n) is 13.6. The molecule has 0 unspecified atom stereocenters. The van der Waals surface area contributed by atoms with Crippen molar-refractivity contribution < 1.29 is 4.42 Å². The van der Waals surface area contributed by atoms with Gasteiger partial charge in [-0.2, -0.15) is 0 Å². The Bertz CT molecular complexity index is 2380. The van der Waals surface area contributed by atoms with Crippen molar-refractivity contribution in [2.24, 2.45) is 0 Å². The molecule has 9 rings (SSSR count). The second kappa shape index (κ2) is 8.29. The van der Waals surface area contributed by atoms with Gasteiger partial charge in [0.05, 0.1) is 0 Å². The Kier molecular flexibility index (Phi) is 4.55. The van der Waals surface area contributed by atoms with Crippen LogP contribution in [0, 0.1) is 0 Å². The third kappa shape index (κ3) is 2.97. The second-order valence-corrected chi connectivity index (χ2v) is 11.4. The highest BCUT2D eigenvalue weighted by atomic mass is 32.1. The SMILES string of the molecule is c1ccc2c(-c3c4ccccc4c(-c4cc5sccc5c5c4oc4ccccc45)c4ccccc34)cccc2c1. The molecule has 2 aromatic heterocycles. The van der Waals surface area contributed by atoms with Gasteiger partial charge in [-0.1, -0.05) is 109 Å². The molecule has 0 saturated carbocycles. The van der Waals surface area contributed by atoms with Crippen LogP contribution >= 0.6 is 11.3 Å². The number of benzene rings is 7. The number of fused-ring (bicyclic) bond motifs is 8. The molecule has 9 aromatic rings. The number of hydrogen-bond donors (Lipinski definition) is 0. The van der Waals surface area contributed by atoms with E-state index in [9.17, 15) is 0 Å². The summed E-state index contributed by atoms with van der Waals surface area (Å²) in [5, 5.41) is 13.3. The van der Waals surface area contributed by atoms with Crippen molar-refractivity contribution in [2.75, 3.05) is 0 Å². The maximum absolute atomic E-state index is 6.69. The van der Waals surface area contributed by atoms with Gasteiger partial charge in [-0.3, -0.25) is 0 Å². The first-order valence-corrected chi connectivity index (χ1v) is 14.5. The number of para-hydroxylation sites is 1. The van der Waals surface area contributed by atoms with E-state index < -0.39 is 0 Å². The summed E-state index contributed by atoms with van der Waals surface area (Å²) in [5.41, 5.74) is 6.82. The Hall–Kier alpha value is -4.92. The van der Waals surface area contributed by atoms with E-state index in [0.29, 0.717) is 0 Å². The third-order valence-corrected chi connectivity index (χ3v) is 9.20. The van der Waals surface area contributed by atoms with Crippen molar-refractivity contribution in [3.63, 3.8) is 0 Å². The molecule has 0 aliphatic heterocycles. The lowest BCUT2D eigenvalue weighted by Gasteiger charge is -2.19. The summed E-state index contributed by atoms with van der Waals surface area (Å²) in [7, 11) is 0. The summed E-state index contributed by atoms with van der Waals surface area (Å²) in [5.74, 6) is 0. The average molecular weight is 527 g/mol. The quantitative estimate of drug-likeness (QED) is 0.204. The third-order valence-electron chi connectivity index (χ3n) is 8.34. The van der Waals surface area contributed by atoms with E-state index in [4.69, 9.17) is 4.42 Å². The summed E-state index contributed by atoms with van der Waals surface area (Å²) in [6, 6.07) is 46.1. The normalized spacial score (nSPS) is 12.0. The molecule has 0 bridgehead atoms. The highest BCUT2D eigenvalue weighted by Gasteiger charge is 2.22. The first kappa shape index (κ1) is 22.0. The molecule has 0 aliphatic rings. The van der Waals surface area contributed by atoms with Crippen LogP contribution in [0.2, 0.25) is 0 Å².